The average Bonchev–Trinajstić information content (AvgIpc) is 3.10. The van der Waals surface area contributed by atoms with Gasteiger partial charge in [-0.1, -0.05) is 75.7 Å². The number of ether oxygens (including phenoxy) is 1. The number of carboxylic acids is 1. The third-order valence-electron chi connectivity index (χ3n) is 5.85. The van der Waals surface area contributed by atoms with Crippen molar-refractivity contribution in [3.8, 4) is 11.1 Å². The van der Waals surface area contributed by atoms with Gasteiger partial charge in [-0.2, -0.15) is 0 Å². The van der Waals surface area contributed by atoms with E-state index in [1.165, 1.54) is 0 Å². The SMILES string of the molecule is CCC[C@@H](NC(=O)[C@@H](CC(C)C)NC(=O)OCC1c2ccccc2-c2ccccc21)C(=O)O. The second kappa shape index (κ2) is 11.0. The molecule has 0 saturated carbocycles. The van der Waals surface area contributed by atoms with E-state index in [1.54, 1.807) is 0 Å². The fourth-order valence-electron chi connectivity index (χ4n) is 4.30. The molecular formula is C26H32N2O5. The van der Waals surface area contributed by atoms with Crippen molar-refractivity contribution in [1.29, 1.82) is 0 Å². The Labute approximate surface area is 194 Å². The van der Waals surface area contributed by atoms with Crippen molar-refractivity contribution < 1.29 is 24.2 Å². The van der Waals surface area contributed by atoms with Crippen molar-refractivity contribution in [2.75, 3.05) is 6.61 Å². The van der Waals surface area contributed by atoms with E-state index >= 15 is 0 Å². The van der Waals surface area contributed by atoms with E-state index in [1.807, 2.05) is 57.2 Å². The molecule has 2 atom stereocenters. The molecule has 7 heteroatoms. The summed E-state index contributed by atoms with van der Waals surface area (Å²) in [7, 11) is 0. The summed E-state index contributed by atoms with van der Waals surface area (Å²) in [5, 5.41) is 14.5. The lowest BCUT2D eigenvalue weighted by Gasteiger charge is -2.23. The number of carbonyl (C=O) groups excluding carboxylic acids is 2. The summed E-state index contributed by atoms with van der Waals surface area (Å²) >= 11 is 0. The van der Waals surface area contributed by atoms with Gasteiger partial charge in [-0.15, -0.1) is 0 Å². The molecule has 2 amide bonds. The molecule has 2 aromatic carbocycles. The molecule has 0 heterocycles. The number of alkyl carbamates (subject to hydrolysis) is 1. The van der Waals surface area contributed by atoms with Crippen LogP contribution in [0.2, 0.25) is 0 Å². The molecular weight excluding hydrogens is 420 g/mol. The number of hydrogen-bond donors (Lipinski definition) is 3. The Morgan fingerprint density at radius 1 is 0.939 bits per heavy atom. The molecule has 0 saturated heterocycles. The van der Waals surface area contributed by atoms with Crippen LogP contribution in [0.25, 0.3) is 11.1 Å². The van der Waals surface area contributed by atoms with Crippen LogP contribution in [0.3, 0.4) is 0 Å². The van der Waals surface area contributed by atoms with E-state index in [2.05, 4.69) is 22.8 Å². The van der Waals surface area contributed by atoms with E-state index in [9.17, 15) is 19.5 Å². The zero-order chi connectivity index (χ0) is 24.0. The van der Waals surface area contributed by atoms with E-state index in [-0.39, 0.29) is 18.4 Å². The van der Waals surface area contributed by atoms with Crippen LogP contribution in [-0.4, -0.2) is 41.8 Å². The van der Waals surface area contributed by atoms with Gasteiger partial charge in [0.25, 0.3) is 0 Å². The Balaban J connectivity index is 1.66. The molecule has 0 radical (unpaired) electrons. The Kier molecular flexibility index (Phi) is 8.09. The Morgan fingerprint density at radius 3 is 2.03 bits per heavy atom. The van der Waals surface area contributed by atoms with Crippen LogP contribution in [0.1, 0.15) is 57.1 Å². The summed E-state index contributed by atoms with van der Waals surface area (Å²) < 4.78 is 5.56. The number of fused-ring (bicyclic) bond motifs is 3. The number of amides is 2. The first-order chi connectivity index (χ1) is 15.8. The quantitative estimate of drug-likeness (QED) is 0.498. The summed E-state index contributed by atoms with van der Waals surface area (Å²) in [5.74, 6) is -1.57. The number of hydrogen-bond acceptors (Lipinski definition) is 4. The Hall–Kier alpha value is -3.35. The smallest absolute Gasteiger partial charge is 0.407 e. The monoisotopic (exact) mass is 452 g/mol. The van der Waals surface area contributed by atoms with E-state index in [0.29, 0.717) is 19.3 Å². The highest BCUT2D eigenvalue weighted by atomic mass is 16.5. The lowest BCUT2D eigenvalue weighted by molar-refractivity contribution is -0.142. The van der Waals surface area contributed by atoms with Gasteiger partial charge in [-0.05, 0) is 41.0 Å². The third-order valence-corrected chi connectivity index (χ3v) is 5.85. The van der Waals surface area contributed by atoms with Gasteiger partial charge in [0.05, 0.1) is 0 Å². The average molecular weight is 453 g/mol. The topological polar surface area (TPSA) is 105 Å². The predicted octanol–water partition coefficient (Wildman–Crippen LogP) is 4.31. The van der Waals surface area contributed by atoms with Gasteiger partial charge in [0.1, 0.15) is 18.7 Å². The van der Waals surface area contributed by atoms with Crippen molar-refractivity contribution in [3.63, 3.8) is 0 Å². The Bertz CT molecular complexity index is 958. The highest BCUT2D eigenvalue weighted by Crippen LogP contribution is 2.44. The standard InChI is InChI=1S/C26H32N2O5/c1-4-9-22(25(30)31)27-24(29)23(14-16(2)3)28-26(32)33-15-21-19-12-7-5-10-17(19)18-11-6-8-13-20(18)21/h5-8,10-13,16,21-23H,4,9,14-15H2,1-3H3,(H,27,29)(H,28,32)(H,30,31)/t22-,23-/m1/s1. The number of aliphatic carboxylic acids is 1. The van der Waals surface area contributed by atoms with E-state index < -0.39 is 30.1 Å². The highest BCUT2D eigenvalue weighted by molar-refractivity contribution is 5.89. The number of carbonyl (C=O) groups is 3. The van der Waals surface area contributed by atoms with Crippen molar-refractivity contribution in [2.24, 2.45) is 5.92 Å². The molecule has 7 nitrogen and oxygen atoms in total. The molecule has 176 valence electrons. The summed E-state index contributed by atoms with van der Waals surface area (Å²) in [6.07, 6.45) is 0.612. The fraction of sp³-hybridized carbons (Fsp3) is 0.423. The number of carboxylic acid groups (broad SMARTS) is 1. The summed E-state index contributed by atoms with van der Waals surface area (Å²) in [4.78, 5) is 36.8. The maximum atomic E-state index is 12.7. The van der Waals surface area contributed by atoms with Crippen LogP contribution in [0.4, 0.5) is 4.79 Å². The fourth-order valence-corrected chi connectivity index (χ4v) is 4.30. The van der Waals surface area contributed by atoms with Crippen molar-refractivity contribution in [1.82, 2.24) is 10.6 Å². The van der Waals surface area contributed by atoms with Crippen LogP contribution in [0, 0.1) is 5.92 Å². The van der Waals surface area contributed by atoms with Crippen molar-refractivity contribution in [2.45, 2.75) is 58.0 Å². The van der Waals surface area contributed by atoms with Crippen LogP contribution < -0.4 is 10.6 Å². The van der Waals surface area contributed by atoms with Crippen LogP contribution >= 0.6 is 0 Å². The molecule has 0 aromatic heterocycles. The summed E-state index contributed by atoms with van der Waals surface area (Å²) in [6, 6.07) is 14.3. The molecule has 0 spiro atoms. The van der Waals surface area contributed by atoms with Gasteiger partial charge in [-0.25, -0.2) is 9.59 Å². The second-order valence-electron chi connectivity index (χ2n) is 8.84. The molecule has 33 heavy (non-hydrogen) atoms. The maximum Gasteiger partial charge on any atom is 0.407 e. The zero-order valence-corrected chi connectivity index (χ0v) is 19.3. The van der Waals surface area contributed by atoms with Crippen LogP contribution in [0.5, 0.6) is 0 Å². The number of nitrogens with one attached hydrogen (secondary N) is 2. The van der Waals surface area contributed by atoms with Crippen LogP contribution in [-0.2, 0) is 14.3 Å². The third kappa shape index (κ3) is 5.92. The summed E-state index contributed by atoms with van der Waals surface area (Å²) in [5.41, 5.74) is 4.48. The molecule has 1 aliphatic rings. The summed E-state index contributed by atoms with van der Waals surface area (Å²) in [6.45, 7) is 5.85. The van der Waals surface area contributed by atoms with Gasteiger partial charge in [0.2, 0.25) is 5.91 Å². The minimum absolute atomic E-state index is 0.0820. The molecule has 3 N–H and O–H groups in total. The van der Waals surface area contributed by atoms with Gasteiger partial charge in [0.15, 0.2) is 0 Å². The lowest BCUT2D eigenvalue weighted by atomic mass is 9.98. The van der Waals surface area contributed by atoms with Gasteiger partial charge < -0.3 is 20.5 Å². The molecule has 0 bridgehead atoms. The van der Waals surface area contributed by atoms with Crippen molar-refractivity contribution in [3.05, 3.63) is 59.7 Å². The van der Waals surface area contributed by atoms with Gasteiger partial charge in [0, 0.05) is 5.92 Å². The van der Waals surface area contributed by atoms with E-state index in [0.717, 1.165) is 22.3 Å². The van der Waals surface area contributed by atoms with Crippen molar-refractivity contribution >= 4 is 18.0 Å². The zero-order valence-electron chi connectivity index (χ0n) is 19.3. The van der Waals surface area contributed by atoms with Gasteiger partial charge >= 0.3 is 12.1 Å². The van der Waals surface area contributed by atoms with E-state index in [4.69, 9.17) is 4.74 Å². The lowest BCUT2D eigenvalue weighted by Crippen LogP contribution is -2.52. The predicted molar refractivity (Wildman–Crippen MR) is 126 cm³/mol. The largest absolute Gasteiger partial charge is 0.480 e. The molecule has 2 aromatic rings. The molecule has 0 fully saturated rings. The molecule has 3 rings (SSSR count). The maximum absolute atomic E-state index is 12.7. The highest BCUT2D eigenvalue weighted by Gasteiger charge is 2.30. The Morgan fingerprint density at radius 2 is 1.52 bits per heavy atom. The molecule has 1 aliphatic carbocycles. The number of benzene rings is 2. The number of rotatable bonds is 10. The van der Waals surface area contributed by atoms with Gasteiger partial charge in [-0.3, -0.25) is 4.79 Å². The first kappa shape index (κ1) is 24.3. The minimum Gasteiger partial charge on any atom is -0.480 e. The molecule has 0 aliphatic heterocycles. The first-order valence-corrected chi connectivity index (χ1v) is 11.5. The molecule has 0 unspecified atom stereocenters. The normalized spacial score (nSPS) is 14.2. The minimum atomic E-state index is -1.09. The van der Waals surface area contributed by atoms with Crippen LogP contribution in [0.15, 0.2) is 48.5 Å². The second-order valence-corrected chi connectivity index (χ2v) is 8.84. The first-order valence-electron chi connectivity index (χ1n) is 11.5.